The number of thiazole rings is 1. The Labute approximate surface area is 188 Å². The van der Waals surface area contributed by atoms with Crippen LogP contribution in [0.1, 0.15) is 42.7 Å². The Kier molecular flexibility index (Phi) is 6.34. The predicted octanol–water partition coefficient (Wildman–Crippen LogP) is 4.62. The van der Waals surface area contributed by atoms with Crippen molar-refractivity contribution < 1.29 is 18.0 Å². The number of benzene rings is 1. The normalized spacial score (nSPS) is 15.3. The van der Waals surface area contributed by atoms with Crippen molar-refractivity contribution in [1.29, 1.82) is 0 Å². The summed E-state index contributed by atoms with van der Waals surface area (Å²) in [4.78, 5) is 19.6. The molecule has 1 N–H and O–H groups in total. The van der Waals surface area contributed by atoms with Crippen molar-refractivity contribution in [2.24, 2.45) is 0 Å². The number of carbonyl (C=O) groups is 1. The molecule has 4 rings (SSSR count). The van der Waals surface area contributed by atoms with E-state index in [-0.39, 0.29) is 23.7 Å². The van der Waals surface area contributed by atoms with Gasteiger partial charge in [-0.3, -0.25) is 4.79 Å². The molecule has 1 fully saturated rings. The van der Waals surface area contributed by atoms with Crippen LogP contribution in [0.25, 0.3) is 16.3 Å². The first kappa shape index (κ1) is 22.5. The fraction of sp³-hybridized carbons (Fsp3) is 0.409. The highest BCUT2D eigenvalue weighted by Gasteiger charge is 2.34. The highest BCUT2D eigenvalue weighted by Crippen LogP contribution is 2.34. The van der Waals surface area contributed by atoms with Gasteiger partial charge in [-0.15, -0.1) is 11.3 Å². The van der Waals surface area contributed by atoms with Gasteiger partial charge in [-0.2, -0.15) is 18.3 Å². The first-order chi connectivity index (χ1) is 15.3. The summed E-state index contributed by atoms with van der Waals surface area (Å²) in [5.74, 6) is -0.121. The number of aromatic nitrogens is 3. The number of para-hydroxylation sites is 1. The maximum Gasteiger partial charge on any atom is 0.418 e. The van der Waals surface area contributed by atoms with E-state index < -0.39 is 11.7 Å². The minimum Gasteiger partial charge on any atom is -0.332 e. The van der Waals surface area contributed by atoms with Gasteiger partial charge in [0.15, 0.2) is 0 Å². The molecular formula is C22H24F3N5OS. The lowest BCUT2D eigenvalue weighted by Crippen LogP contribution is -2.49. The molecule has 3 aromatic rings. The first-order valence-corrected chi connectivity index (χ1v) is 11.3. The Morgan fingerprint density at radius 2 is 1.97 bits per heavy atom. The monoisotopic (exact) mass is 463 g/mol. The fourth-order valence-corrected chi connectivity index (χ4v) is 4.79. The quantitative estimate of drug-likeness (QED) is 0.600. The van der Waals surface area contributed by atoms with Crippen LogP contribution in [0, 0.1) is 0 Å². The lowest BCUT2D eigenvalue weighted by molar-refractivity contribution is -0.137. The molecule has 0 radical (unpaired) electrons. The van der Waals surface area contributed by atoms with Crippen molar-refractivity contribution >= 4 is 17.2 Å². The third kappa shape index (κ3) is 4.56. The number of carbonyl (C=O) groups excluding carboxylic acids is 1. The number of piperidine rings is 1. The zero-order valence-electron chi connectivity index (χ0n) is 17.8. The largest absolute Gasteiger partial charge is 0.418 e. The average Bonchev–Trinajstić information content (AvgIpc) is 3.44. The molecular weight excluding hydrogens is 439 g/mol. The zero-order valence-corrected chi connectivity index (χ0v) is 18.6. The van der Waals surface area contributed by atoms with Crippen LogP contribution in [0.2, 0.25) is 0 Å². The molecule has 1 aliphatic heterocycles. The molecule has 10 heteroatoms. The van der Waals surface area contributed by atoms with Crippen LogP contribution in [-0.2, 0) is 6.18 Å². The van der Waals surface area contributed by atoms with Crippen molar-refractivity contribution in [2.75, 3.05) is 13.1 Å². The molecule has 2 aromatic heterocycles. The summed E-state index contributed by atoms with van der Waals surface area (Å²) in [5, 5.41) is 9.66. The minimum atomic E-state index is -4.49. The summed E-state index contributed by atoms with van der Waals surface area (Å²) < 4.78 is 41.2. The van der Waals surface area contributed by atoms with Gasteiger partial charge in [0.25, 0.3) is 5.91 Å². The second-order valence-corrected chi connectivity index (χ2v) is 8.87. The highest BCUT2D eigenvalue weighted by molar-refractivity contribution is 7.13. The second-order valence-electron chi connectivity index (χ2n) is 8.01. The van der Waals surface area contributed by atoms with Crippen LogP contribution in [0.4, 0.5) is 13.2 Å². The smallest absolute Gasteiger partial charge is 0.332 e. The zero-order chi connectivity index (χ0) is 22.9. The summed E-state index contributed by atoms with van der Waals surface area (Å²) >= 11 is 1.28. The van der Waals surface area contributed by atoms with Crippen LogP contribution in [0.15, 0.2) is 42.0 Å². The van der Waals surface area contributed by atoms with Crippen LogP contribution >= 0.6 is 11.3 Å². The summed E-state index contributed by atoms with van der Waals surface area (Å²) in [7, 11) is 0. The minimum absolute atomic E-state index is 0.0392. The second kappa shape index (κ2) is 9.03. The van der Waals surface area contributed by atoms with Crippen molar-refractivity contribution in [3.05, 3.63) is 53.3 Å². The molecule has 0 aliphatic carbocycles. The Balaban J connectivity index is 1.59. The van der Waals surface area contributed by atoms with E-state index in [0.29, 0.717) is 16.3 Å². The van der Waals surface area contributed by atoms with Crippen molar-refractivity contribution in [2.45, 2.75) is 44.9 Å². The molecule has 0 unspecified atom stereocenters. The van der Waals surface area contributed by atoms with Crippen LogP contribution in [0.3, 0.4) is 0 Å². The Morgan fingerprint density at radius 1 is 1.25 bits per heavy atom. The molecule has 1 aromatic carbocycles. The number of hydrogen-bond donors (Lipinski definition) is 1. The van der Waals surface area contributed by atoms with Crippen LogP contribution in [0.5, 0.6) is 0 Å². The van der Waals surface area contributed by atoms with E-state index in [0.717, 1.165) is 32.0 Å². The van der Waals surface area contributed by atoms with Crippen molar-refractivity contribution in [1.82, 2.24) is 25.0 Å². The average molecular weight is 464 g/mol. The number of halogens is 3. The van der Waals surface area contributed by atoms with Crippen molar-refractivity contribution in [3.8, 4) is 16.3 Å². The lowest BCUT2D eigenvalue weighted by atomic mass is 10.0. The van der Waals surface area contributed by atoms with E-state index in [1.165, 1.54) is 46.6 Å². The van der Waals surface area contributed by atoms with Gasteiger partial charge in [-0.25, -0.2) is 9.67 Å². The molecule has 0 spiro atoms. The summed E-state index contributed by atoms with van der Waals surface area (Å²) in [5.41, 5.74) is 0.0832. The molecule has 3 heterocycles. The molecule has 32 heavy (non-hydrogen) atoms. The molecule has 1 saturated heterocycles. The standard InChI is InChI=1S/C22H24F3N5OS/c1-14(2)30(16-7-9-26-10-8-16)21(31)18-13-32-20(28-18)15-11-27-29(12-15)19-6-4-3-5-17(19)22(23,24)25/h3-6,11-14,16,26H,7-10H2,1-2H3. The van der Waals surface area contributed by atoms with E-state index in [1.54, 1.807) is 5.38 Å². The van der Waals surface area contributed by atoms with Crippen LogP contribution < -0.4 is 5.32 Å². The van der Waals surface area contributed by atoms with Gasteiger partial charge in [-0.1, -0.05) is 12.1 Å². The van der Waals surface area contributed by atoms with Gasteiger partial charge in [0.05, 0.1) is 17.4 Å². The molecule has 6 nitrogen and oxygen atoms in total. The molecule has 0 bridgehead atoms. The first-order valence-electron chi connectivity index (χ1n) is 10.5. The number of amides is 1. The van der Waals surface area contributed by atoms with Crippen LogP contribution in [-0.4, -0.2) is 50.7 Å². The van der Waals surface area contributed by atoms with Gasteiger partial charge in [0.2, 0.25) is 0 Å². The topological polar surface area (TPSA) is 63.1 Å². The molecule has 170 valence electrons. The summed E-state index contributed by atoms with van der Waals surface area (Å²) in [6, 6.07) is 5.48. The van der Waals surface area contributed by atoms with E-state index in [9.17, 15) is 18.0 Å². The predicted molar refractivity (Wildman–Crippen MR) is 117 cm³/mol. The van der Waals surface area contributed by atoms with Gasteiger partial charge >= 0.3 is 6.18 Å². The summed E-state index contributed by atoms with van der Waals surface area (Å²) in [6.07, 6.45) is 0.273. The Morgan fingerprint density at radius 3 is 2.66 bits per heavy atom. The van der Waals surface area contributed by atoms with Gasteiger partial charge in [0.1, 0.15) is 10.7 Å². The SMILES string of the molecule is CC(C)N(C(=O)c1csc(-c2cnn(-c3ccccc3C(F)(F)F)c2)n1)C1CCNCC1. The van der Waals surface area contributed by atoms with Crippen molar-refractivity contribution in [3.63, 3.8) is 0 Å². The van der Waals surface area contributed by atoms with E-state index in [1.807, 2.05) is 18.7 Å². The van der Waals surface area contributed by atoms with Gasteiger partial charge in [-0.05, 0) is 51.9 Å². The Bertz CT molecular complexity index is 1090. The number of hydrogen-bond acceptors (Lipinski definition) is 5. The Hall–Kier alpha value is -2.72. The third-order valence-corrected chi connectivity index (χ3v) is 6.39. The maximum absolute atomic E-state index is 13.4. The number of alkyl halides is 3. The summed E-state index contributed by atoms with van der Waals surface area (Å²) in [6.45, 7) is 5.74. The lowest BCUT2D eigenvalue weighted by Gasteiger charge is -2.37. The maximum atomic E-state index is 13.4. The molecule has 0 atom stereocenters. The molecule has 1 amide bonds. The van der Waals surface area contributed by atoms with E-state index in [4.69, 9.17) is 0 Å². The third-order valence-electron chi connectivity index (χ3n) is 5.50. The fourth-order valence-electron chi connectivity index (χ4n) is 4.02. The molecule has 1 aliphatic rings. The van der Waals surface area contributed by atoms with Gasteiger partial charge < -0.3 is 10.2 Å². The van der Waals surface area contributed by atoms with E-state index in [2.05, 4.69) is 15.4 Å². The number of nitrogens with one attached hydrogen (secondary N) is 1. The van der Waals surface area contributed by atoms with E-state index >= 15 is 0 Å². The van der Waals surface area contributed by atoms with Gasteiger partial charge in [0, 0.05) is 29.2 Å². The number of nitrogens with zero attached hydrogens (tertiary/aromatic N) is 4. The molecule has 0 saturated carbocycles. The highest BCUT2D eigenvalue weighted by atomic mass is 32.1. The number of rotatable bonds is 5.